The third-order valence-corrected chi connectivity index (χ3v) is 5.54. The van der Waals surface area contributed by atoms with Gasteiger partial charge in [0.15, 0.2) is 0 Å². The third-order valence-electron chi connectivity index (χ3n) is 4.03. The Bertz CT molecular complexity index is 811. The maximum Gasteiger partial charge on any atom is 0.238 e. The Labute approximate surface area is 161 Å². The van der Waals surface area contributed by atoms with E-state index in [-0.39, 0.29) is 18.2 Å². The first-order chi connectivity index (χ1) is 12.5. The molecule has 0 spiro atoms. The maximum atomic E-state index is 12.2. The molecule has 0 saturated carbocycles. The van der Waals surface area contributed by atoms with E-state index in [2.05, 4.69) is 10.6 Å². The molecule has 1 aliphatic rings. The first-order valence-corrected chi connectivity index (χ1v) is 9.47. The molecule has 2 amide bonds. The van der Waals surface area contributed by atoms with E-state index < -0.39 is 5.25 Å². The number of rotatable bonds is 6. The molecule has 0 bridgehead atoms. The average Bonchev–Trinajstić information content (AvgIpc) is 2.63. The van der Waals surface area contributed by atoms with Crippen LogP contribution in [0.3, 0.4) is 0 Å². The smallest absolute Gasteiger partial charge is 0.238 e. The van der Waals surface area contributed by atoms with Gasteiger partial charge in [0.05, 0.1) is 18.0 Å². The van der Waals surface area contributed by atoms with Gasteiger partial charge in [-0.15, -0.1) is 11.8 Å². The Balaban J connectivity index is 1.48. The molecule has 2 N–H and O–H groups in total. The van der Waals surface area contributed by atoms with Gasteiger partial charge in [-0.05, 0) is 42.3 Å². The van der Waals surface area contributed by atoms with Crippen molar-refractivity contribution in [3.63, 3.8) is 0 Å². The second-order valence-electron chi connectivity index (χ2n) is 5.89. The topological polar surface area (TPSA) is 67.4 Å². The summed E-state index contributed by atoms with van der Waals surface area (Å²) in [4.78, 5) is 25.3. The van der Waals surface area contributed by atoms with Gasteiger partial charge in [0, 0.05) is 22.9 Å². The highest BCUT2D eigenvalue weighted by Crippen LogP contribution is 2.38. The van der Waals surface area contributed by atoms with Crippen molar-refractivity contribution in [3.8, 4) is 5.75 Å². The molecule has 0 radical (unpaired) electrons. The van der Waals surface area contributed by atoms with Gasteiger partial charge in [-0.3, -0.25) is 9.59 Å². The van der Waals surface area contributed by atoms with E-state index in [0.717, 1.165) is 22.6 Å². The van der Waals surface area contributed by atoms with Crippen molar-refractivity contribution in [1.82, 2.24) is 5.32 Å². The standard InChI is InChI=1S/C19H19ClN2O3S/c1-25-14-5-2-12(3-6-14)8-9-21-18(23)11-17-19(24)22-15-10-13(20)4-7-16(15)26-17/h2-7,10,17H,8-9,11H2,1H3,(H,21,23)(H,22,24). The minimum atomic E-state index is -0.440. The number of nitrogens with one attached hydrogen (secondary N) is 2. The predicted molar refractivity (Wildman–Crippen MR) is 104 cm³/mol. The first-order valence-electron chi connectivity index (χ1n) is 8.22. The van der Waals surface area contributed by atoms with Crippen LogP contribution in [0.4, 0.5) is 5.69 Å². The molecule has 0 saturated heterocycles. The molecule has 0 aromatic heterocycles. The van der Waals surface area contributed by atoms with Crippen LogP contribution in [0.1, 0.15) is 12.0 Å². The summed E-state index contributed by atoms with van der Waals surface area (Å²) in [6.45, 7) is 0.524. The van der Waals surface area contributed by atoms with Gasteiger partial charge in [-0.2, -0.15) is 0 Å². The molecule has 0 fully saturated rings. The van der Waals surface area contributed by atoms with Crippen LogP contribution in [0.5, 0.6) is 5.75 Å². The molecule has 0 aliphatic carbocycles. The van der Waals surface area contributed by atoms with E-state index in [1.165, 1.54) is 11.8 Å². The number of fused-ring (bicyclic) bond motifs is 1. The van der Waals surface area contributed by atoms with Crippen LogP contribution in [0, 0.1) is 0 Å². The lowest BCUT2D eigenvalue weighted by atomic mass is 10.1. The summed E-state index contributed by atoms with van der Waals surface area (Å²) in [6.07, 6.45) is 0.863. The number of halogens is 1. The third kappa shape index (κ3) is 4.71. The fourth-order valence-electron chi connectivity index (χ4n) is 2.64. The van der Waals surface area contributed by atoms with Crippen LogP contribution in [-0.2, 0) is 16.0 Å². The fourth-order valence-corrected chi connectivity index (χ4v) is 3.90. The summed E-state index contributed by atoms with van der Waals surface area (Å²) in [5, 5.41) is 5.82. The fraction of sp³-hybridized carbons (Fsp3) is 0.263. The highest BCUT2D eigenvalue weighted by molar-refractivity contribution is 8.01. The van der Waals surface area contributed by atoms with Crippen LogP contribution in [0.2, 0.25) is 5.02 Å². The van der Waals surface area contributed by atoms with Crippen molar-refractivity contribution in [2.75, 3.05) is 19.0 Å². The maximum absolute atomic E-state index is 12.2. The Morgan fingerprint density at radius 1 is 1.27 bits per heavy atom. The predicted octanol–water partition coefficient (Wildman–Crippen LogP) is 3.51. The number of carbonyl (C=O) groups is 2. The van der Waals surface area contributed by atoms with E-state index in [0.29, 0.717) is 17.3 Å². The van der Waals surface area contributed by atoms with Crippen molar-refractivity contribution in [1.29, 1.82) is 0 Å². The zero-order chi connectivity index (χ0) is 18.5. The van der Waals surface area contributed by atoms with Gasteiger partial charge in [-0.25, -0.2) is 0 Å². The lowest BCUT2D eigenvalue weighted by molar-refractivity contribution is -0.124. The highest BCUT2D eigenvalue weighted by Gasteiger charge is 2.28. The zero-order valence-electron chi connectivity index (χ0n) is 14.3. The molecule has 2 aromatic carbocycles. The minimum Gasteiger partial charge on any atom is -0.497 e. The second-order valence-corrected chi connectivity index (χ2v) is 7.57. The Morgan fingerprint density at radius 3 is 2.77 bits per heavy atom. The number of hydrogen-bond acceptors (Lipinski definition) is 4. The number of benzene rings is 2. The van der Waals surface area contributed by atoms with E-state index >= 15 is 0 Å². The van der Waals surface area contributed by atoms with Crippen LogP contribution in [0.15, 0.2) is 47.4 Å². The quantitative estimate of drug-likeness (QED) is 0.792. The van der Waals surface area contributed by atoms with Crippen molar-refractivity contribution >= 4 is 40.9 Å². The molecule has 136 valence electrons. The van der Waals surface area contributed by atoms with Gasteiger partial charge in [-0.1, -0.05) is 23.7 Å². The zero-order valence-corrected chi connectivity index (χ0v) is 15.8. The number of methoxy groups -OCH3 is 1. The second kappa shape index (κ2) is 8.47. The molecule has 2 aromatic rings. The first kappa shape index (κ1) is 18.6. The van der Waals surface area contributed by atoms with Gasteiger partial charge in [0.25, 0.3) is 0 Å². The number of hydrogen-bond donors (Lipinski definition) is 2. The van der Waals surface area contributed by atoms with E-state index in [1.54, 1.807) is 19.2 Å². The Kier molecular flexibility index (Phi) is 6.06. The lowest BCUT2D eigenvalue weighted by Gasteiger charge is -2.23. The summed E-state index contributed by atoms with van der Waals surface area (Å²) >= 11 is 7.33. The van der Waals surface area contributed by atoms with Crippen molar-refractivity contribution in [2.45, 2.75) is 23.0 Å². The molecule has 1 unspecified atom stereocenters. The summed E-state index contributed by atoms with van der Waals surface area (Å²) in [5.41, 5.74) is 1.81. The summed E-state index contributed by atoms with van der Waals surface area (Å²) in [6, 6.07) is 13.1. The SMILES string of the molecule is COc1ccc(CCNC(=O)CC2Sc3ccc(Cl)cc3NC2=O)cc1. The molecular formula is C19H19ClN2O3S. The van der Waals surface area contributed by atoms with E-state index in [9.17, 15) is 9.59 Å². The molecule has 1 heterocycles. The van der Waals surface area contributed by atoms with Crippen molar-refractivity contribution < 1.29 is 14.3 Å². The number of ether oxygens (including phenoxy) is 1. The van der Waals surface area contributed by atoms with Gasteiger partial charge < -0.3 is 15.4 Å². The number of thioether (sulfide) groups is 1. The van der Waals surface area contributed by atoms with Crippen LogP contribution < -0.4 is 15.4 Å². The monoisotopic (exact) mass is 390 g/mol. The number of amides is 2. The van der Waals surface area contributed by atoms with E-state index in [1.807, 2.05) is 30.3 Å². The highest BCUT2D eigenvalue weighted by atomic mass is 35.5. The molecule has 3 rings (SSSR count). The largest absolute Gasteiger partial charge is 0.497 e. The normalized spacial score (nSPS) is 15.8. The molecule has 5 nitrogen and oxygen atoms in total. The number of anilines is 1. The lowest BCUT2D eigenvalue weighted by Crippen LogP contribution is -2.35. The van der Waals surface area contributed by atoms with Crippen molar-refractivity contribution in [2.24, 2.45) is 0 Å². The van der Waals surface area contributed by atoms with Gasteiger partial charge in [0.1, 0.15) is 5.75 Å². The molecule has 1 aliphatic heterocycles. The summed E-state index contributed by atoms with van der Waals surface area (Å²) in [7, 11) is 1.63. The number of carbonyl (C=O) groups excluding carboxylic acids is 2. The molecule has 26 heavy (non-hydrogen) atoms. The van der Waals surface area contributed by atoms with Gasteiger partial charge >= 0.3 is 0 Å². The summed E-state index contributed by atoms with van der Waals surface area (Å²) < 4.78 is 5.12. The Hall–Kier alpha value is -2.18. The average molecular weight is 391 g/mol. The van der Waals surface area contributed by atoms with Crippen molar-refractivity contribution in [3.05, 3.63) is 53.1 Å². The van der Waals surface area contributed by atoms with Gasteiger partial charge in [0.2, 0.25) is 11.8 Å². The molecular weight excluding hydrogens is 372 g/mol. The Morgan fingerprint density at radius 2 is 2.04 bits per heavy atom. The van der Waals surface area contributed by atoms with E-state index in [4.69, 9.17) is 16.3 Å². The van der Waals surface area contributed by atoms with Crippen LogP contribution >= 0.6 is 23.4 Å². The molecule has 1 atom stereocenters. The minimum absolute atomic E-state index is 0.136. The molecule has 7 heteroatoms. The van der Waals surface area contributed by atoms with Crippen LogP contribution in [-0.4, -0.2) is 30.7 Å². The van der Waals surface area contributed by atoms with Crippen LogP contribution in [0.25, 0.3) is 0 Å². The summed E-state index contributed by atoms with van der Waals surface area (Å²) in [5.74, 6) is 0.498.